The fourth-order valence-corrected chi connectivity index (χ4v) is 2.73. The Labute approximate surface area is 153 Å². The average molecular weight is 349 g/mol. The first-order valence-corrected chi connectivity index (χ1v) is 8.91. The van der Waals surface area contributed by atoms with Gasteiger partial charge in [0, 0.05) is 24.9 Å². The first kappa shape index (κ1) is 17.9. The Kier molecular flexibility index (Phi) is 6.14. The van der Waals surface area contributed by atoms with Crippen LogP contribution in [0.1, 0.15) is 29.9 Å². The van der Waals surface area contributed by atoms with Crippen molar-refractivity contribution >= 4 is 5.91 Å². The van der Waals surface area contributed by atoms with E-state index in [-0.39, 0.29) is 5.91 Å². The summed E-state index contributed by atoms with van der Waals surface area (Å²) in [7, 11) is 0. The second kappa shape index (κ2) is 8.94. The molecule has 0 bridgehead atoms. The Balaban J connectivity index is 1.39. The van der Waals surface area contributed by atoms with Crippen LogP contribution in [-0.4, -0.2) is 22.6 Å². The van der Waals surface area contributed by atoms with E-state index in [1.807, 2.05) is 49.4 Å². The summed E-state index contributed by atoms with van der Waals surface area (Å²) in [6.45, 7) is 2.69. The summed E-state index contributed by atoms with van der Waals surface area (Å²) in [5.41, 5.74) is 3.35. The van der Waals surface area contributed by atoms with Crippen LogP contribution in [0.4, 0.5) is 0 Å². The summed E-state index contributed by atoms with van der Waals surface area (Å²) in [6.07, 6.45) is 2.68. The lowest BCUT2D eigenvalue weighted by Crippen LogP contribution is -2.25. The highest BCUT2D eigenvalue weighted by molar-refractivity contribution is 5.76. The largest absolute Gasteiger partial charge is 0.356 e. The number of aryl methyl sites for hydroxylation is 3. The summed E-state index contributed by atoms with van der Waals surface area (Å²) < 4.78 is 5.25. The number of rotatable bonds is 8. The minimum absolute atomic E-state index is 0.00775. The van der Waals surface area contributed by atoms with Gasteiger partial charge in [0.15, 0.2) is 0 Å². The second-order valence-corrected chi connectivity index (χ2v) is 6.32. The van der Waals surface area contributed by atoms with Gasteiger partial charge in [0.25, 0.3) is 0 Å². The lowest BCUT2D eigenvalue weighted by molar-refractivity contribution is -0.121. The van der Waals surface area contributed by atoms with Crippen LogP contribution in [0.3, 0.4) is 0 Å². The van der Waals surface area contributed by atoms with Crippen LogP contribution < -0.4 is 5.32 Å². The van der Waals surface area contributed by atoms with Crippen LogP contribution in [-0.2, 0) is 17.6 Å². The van der Waals surface area contributed by atoms with Crippen molar-refractivity contribution < 1.29 is 9.32 Å². The number of benzene rings is 2. The predicted molar refractivity (Wildman–Crippen MR) is 101 cm³/mol. The molecular weight excluding hydrogens is 326 g/mol. The van der Waals surface area contributed by atoms with E-state index in [0.29, 0.717) is 31.1 Å². The molecule has 0 spiro atoms. The number of nitrogens with zero attached hydrogens (tertiary/aromatic N) is 2. The first-order chi connectivity index (χ1) is 12.7. The molecule has 5 heteroatoms. The topological polar surface area (TPSA) is 68.0 Å². The molecule has 0 unspecified atom stereocenters. The first-order valence-electron chi connectivity index (χ1n) is 8.91. The van der Waals surface area contributed by atoms with E-state index in [0.717, 1.165) is 24.0 Å². The van der Waals surface area contributed by atoms with Gasteiger partial charge in [-0.1, -0.05) is 59.3 Å². The quantitative estimate of drug-likeness (QED) is 0.629. The lowest BCUT2D eigenvalue weighted by Gasteiger charge is -2.04. The van der Waals surface area contributed by atoms with Gasteiger partial charge < -0.3 is 9.84 Å². The number of carbonyl (C=O) groups excluding carboxylic acids is 1. The van der Waals surface area contributed by atoms with E-state index in [1.165, 1.54) is 5.56 Å². The molecule has 3 rings (SSSR count). The predicted octanol–water partition coefficient (Wildman–Crippen LogP) is 3.73. The van der Waals surface area contributed by atoms with Gasteiger partial charge in [-0.15, -0.1) is 0 Å². The third-order valence-electron chi connectivity index (χ3n) is 4.12. The molecule has 134 valence electrons. The molecule has 0 atom stereocenters. The number of amides is 1. The normalized spacial score (nSPS) is 10.7. The summed E-state index contributed by atoms with van der Waals surface area (Å²) in [6, 6.07) is 18.2. The number of hydrogen-bond acceptors (Lipinski definition) is 4. The maximum absolute atomic E-state index is 11.9. The second-order valence-electron chi connectivity index (χ2n) is 6.32. The Morgan fingerprint density at radius 3 is 2.73 bits per heavy atom. The molecule has 3 aromatic rings. The number of nitrogens with one attached hydrogen (secondary N) is 1. The van der Waals surface area contributed by atoms with E-state index < -0.39 is 0 Å². The van der Waals surface area contributed by atoms with E-state index in [9.17, 15) is 4.79 Å². The van der Waals surface area contributed by atoms with E-state index >= 15 is 0 Å². The van der Waals surface area contributed by atoms with Crippen molar-refractivity contribution in [3.8, 4) is 11.4 Å². The highest BCUT2D eigenvalue weighted by Gasteiger charge is 2.10. The molecule has 2 aromatic carbocycles. The molecule has 1 aromatic heterocycles. The number of aromatic nitrogens is 2. The van der Waals surface area contributed by atoms with Crippen molar-refractivity contribution in [2.24, 2.45) is 0 Å². The molecule has 0 saturated heterocycles. The van der Waals surface area contributed by atoms with Crippen LogP contribution in [0.15, 0.2) is 59.1 Å². The Morgan fingerprint density at radius 1 is 1.08 bits per heavy atom. The van der Waals surface area contributed by atoms with Crippen LogP contribution in [0.5, 0.6) is 0 Å². The minimum Gasteiger partial charge on any atom is -0.356 e. The van der Waals surface area contributed by atoms with Crippen molar-refractivity contribution in [2.75, 3.05) is 6.54 Å². The zero-order valence-electron chi connectivity index (χ0n) is 14.9. The maximum atomic E-state index is 11.9. The summed E-state index contributed by atoms with van der Waals surface area (Å²) >= 11 is 0. The van der Waals surface area contributed by atoms with Crippen LogP contribution in [0.2, 0.25) is 0 Å². The van der Waals surface area contributed by atoms with Crippen molar-refractivity contribution in [3.05, 3.63) is 71.6 Å². The van der Waals surface area contributed by atoms with Crippen molar-refractivity contribution in [1.82, 2.24) is 15.5 Å². The van der Waals surface area contributed by atoms with E-state index in [1.54, 1.807) is 0 Å². The Morgan fingerprint density at radius 2 is 1.92 bits per heavy atom. The van der Waals surface area contributed by atoms with Gasteiger partial charge in [0.2, 0.25) is 17.6 Å². The Hall–Kier alpha value is -2.95. The molecule has 1 N–H and O–H groups in total. The fourth-order valence-electron chi connectivity index (χ4n) is 2.73. The summed E-state index contributed by atoms with van der Waals surface area (Å²) in [4.78, 5) is 16.3. The molecular formula is C21H23N3O2. The lowest BCUT2D eigenvalue weighted by atomic mass is 10.1. The molecule has 26 heavy (non-hydrogen) atoms. The molecule has 0 fully saturated rings. The highest BCUT2D eigenvalue weighted by Crippen LogP contribution is 2.17. The maximum Gasteiger partial charge on any atom is 0.227 e. The highest BCUT2D eigenvalue weighted by atomic mass is 16.5. The van der Waals surface area contributed by atoms with Crippen molar-refractivity contribution in [1.29, 1.82) is 0 Å². The minimum atomic E-state index is 0.00775. The smallest absolute Gasteiger partial charge is 0.227 e. The van der Waals surface area contributed by atoms with Crippen molar-refractivity contribution in [2.45, 2.75) is 32.6 Å². The molecule has 1 heterocycles. The van der Waals surface area contributed by atoms with E-state index in [2.05, 4.69) is 27.6 Å². The van der Waals surface area contributed by atoms with Crippen LogP contribution >= 0.6 is 0 Å². The third kappa shape index (κ3) is 5.28. The standard InChI is InChI=1S/C21H23N3O2/c1-16-7-5-11-18(15-16)21-23-20(26-24-21)13-12-19(25)22-14-6-10-17-8-3-2-4-9-17/h2-5,7-9,11,15H,6,10,12-14H2,1H3,(H,22,25). The van der Waals surface area contributed by atoms with Crippen molar-refractivity contribution in [3.63, 3.8) is 0 Å². The van der Waals surface area contributed by atoms with Gasteiger partial charge in [0.1, 0.15) is 0 Å². The zero-order valence-corrected chi connectivity index (χ0v) is 14.9. The Bertz CT molecular complexity index is 843. The summed E-state index contributed by atoms with van der Waals surface area (Å²) in [5, 5.41) is 6.94. The monoisotopic (exact) mass is 349 g/mol. The zero-order chi connectivity index (χ0) is 18.2. The van der Waals surface area contributed by atoms with Gasteiger partial charge in [-0.05, 0) is 31.4 Å². The average Bonchev–Trinajstić information content (AvgIpc) is 3.14. The van der Waals surface area contributed by atoms with Crippen LogP contribution in [0, 0.1) is 6.92 Å². The molecule has 0 aliphatic heterocycles. The molecule has 0 saturated carbocycles. The molecule has 0 radical (unpaired) electrons. The van der Waals surface area contributed by atoms with Gasteiger partial charge in [-0.25, -0.2) is 0 Å². The van der Waals surface area contributed by atoms with Gasteiger partial charge in [-0.2, -0.15) is 4.98 Å². The van der Waals surface area contributed by atoms with Gasteiger partial charge >= 0.3 is 0 Å². The fraction of sp³-hybridized carbons (Fsp3) is 0.286. The number of carbonyl (C=O) groups is 1. The molecule has 1 amide bonds. The number of hydrogen-bond donors (Lipinski definition) is 1. The molecule has 0 aliphatic carbocycles. The SMILES string of the molecule is Cc1cccc(-c2noc(CCC(=O)NCCCc3ccccc3)n2)c1. The third-order valence-corrected chi connectivity index (χ3v) is 4.12. The molecule has 5 nitrogen and oxygen atoms in total. The summed E-state index contributed by atoms with van der Waals surface area (Å²) in [5.74, 6) is 1.06. The van der Waals surface area contributed by atoms with Gasteiger partial charge in [-0.3, -0.25) is 4.79 Å². The molecule has 0 aliphatic rings. The van der Waals surface area contributed by atoms with E-state index in [4.69, 9.17) is 4.52 Å². The van der Waals surface area contributed by atoms with Crippen LogP contribution in [0.25, 0.3) is 11.4 Å². The van der Waals surface area contributed by atoms with Gasteiger partial charge in [0.05, 0.1) is 0 Å².